The molecular weight excluding hydrogens is 420 g/mol. The van der Waals surface area contributed by atoms with Crippen molar-refractivity contribution in [3.63, 3.8) is 0 Å². The van der Waals surface area contributed by atoms with Crippen LogP contribution in [-0.4, -0.2) is 20.3 Å². The van der Waals surface area contributed by atoms with E-state index in [9.17, 15) is 9.59 Å². The van der Waals surface area contributed by atoms with Gasteiger partial charge in [-0.25, -0.2) is 9.67 Å². The number of benzene rings is 2. The highest BCUT2D eigenvalue weighted by Gasteiger charge is 2.35. The standard InChI is InChI=1S/C25H26N4O2S/c1-16-22(25(31)29(28(16)2)17-10-4-3-5-11-17)27-23(30)18-12-6-7-13-19(18)24-26-20-14-8-9-15-21(20)32-24/h3-5,8-11,14-15,18-19H,6-7,12-13H2,1-2H3,(H,27,30). The first-order valence-corrected chi connectivity index (χ1v) is 11.9. The molecule has 1 aliphatic rings. The van der Waals surface area contributed by atoms with Gasteiger partial charge in [0.15, 0.2) is 0 Å². The van der Waals surface area contributed by atoms with Crippen molar-refractivity contribution in [2.24, 2.45) is 13.0 Å². The van der Waals surface area contributed by atoms with Gasteiger partial charge < -0.3 is 5.32 Å². The second-order valence-corrected chi connectivity index (χ2v) is 9.51. The average Bonchev–Trinajstić information content (AvgIpc) is 3.34. The predicted octanol–water partition coefficient (Wildman–Crippen LogP) is 5.01. The Morgan fingerprint density at radius 2 is 1.78 bits per heavy atom. The highest BCUT2D eigenvalue weighted by Crippen LogP contribution is 2.41. The molecule has 0 spiro atoms. The molecule has 32 heavy (non-hydrogen) atoms. The van der Waals surface area contributed by atoms with E-state index < -0.39 is 0 Å². The zero-order chi connectivity index (χ0) is 22.2. The Kier molecular flexibility index (Phi) is 5.43. The van der Waals surface area contributed by atoms with Crippen LogP contribution in [0.15, 0.2) is 59.4 Å². The topological polar surface area (TPSA) is 68.9 Å². The van der Waals surface area contributed by atoms with Crippen molar-refractivity contribution in [1.29, 1.82) is 0 Å². The average molecular weight is 447 g/mol. The highest BCUT2D eigenvalue weighted by atomic mass is 32.1. The van der Waals surface area contributed by atoms with Crippen LogP contribution in [-0.2, 0) is 11.8 Å². The van der Waals surface area contributed by atoms with Gasteiger partial charge in [0.2, 0.25) is 5.91 Å². The summed E-state index contributed by atoms with van der Waals surface area (Å²) in [6, 6.07) is 17.6. The fourth-order valence-electron chi connectivity index (χ4n) is 4.72. The van der Waals surface area contributed by atoms with Crippen molar-refractivity contribution in [1.82, 2.24) is 14.3 Å². The molecule has 2 unspecified atom stereocenters. The fourth-order valence-corrected chi connectivity index (χ4v) is 5.88. The highest BCUT2D eigenvalue weighted by molar-refractivity contribution is 7.18. The fraction of sp³-hybridized carbons (Fsp3) is 0.320. The Bertz CT molecular complexity index is 1300. The normalized spacial score (nSPS) is 18.7. The van der Waals surface area contributed by atoms with Crippen molar-refractivity contribution in [2.45, 2.75) is 38.5 Å². The summed E-state index contributed by atoms with van der Waals surface area (Å²) in [5.41, 5.74) is 2.64. The first kappa shape index (κ1) is 20.7. The minimum atomic E-state index is -0.211. The monoisotopic (exact) mass is 446 g/mol. The molecule has 7 heteroatoms. The maximum absolute atomic E-state index is 13.4. The van der Waals surface area contributed by atoms with Gasteiger partial charge in [-0.15, -0.1) is 11.3 Å². The Morgan fingerprint density at radius 3 is 2.56 bits per heavy atom. The van der Waals surface area contributed by atoms with Crippen LogP contribution in [0.4, 0.5) is 5.69 Å². The molecule has 2 aromatic carbocycles. The molecule has 1 fully saturated rings. The van der Waals surface area contributed by atoms with Crippen molar-refractivity contribution >= 4 is 33.1 Å². The number of carbonyl (C=O) groups excluding carboxylic acids is 1. The molecule has 0 aliphatic heterocycles. The number of hydrogen-bond acceptors (Lipinski definition) is 4. The summed E-state index contributed by atoms with van der Waals surface area (Å²) < 4.78 is 4.53. The summed E-state index contributed by atoms with van der Waals surface area (Å²) in [4.78, 5) is 31.5. The van der Waals surface area contributed by atoms with Crippen LogP contribution in [0.2, 0.25) is 0 Å². The second kappa shape index (κ2) is 8.39. The molecular formula is C25H26N4O2S. The van der Waals surface area contributed by atoms with E-state index in [0.717, 1.165) is 52.3 Å². The number of fused-ring (bicyclic) bond motifs is 1. The largest absolute Gasteiger partial charge is 0.320 e. The van der Waals surface area contributed by atoms with E-state index in [4.69, 9.17) is 4.98 Å². The molecule has 164 valence electrons. The molecule has 1 N–H and O–H groups in total. The third kappa shape index (κ3) is 3.56. The van der Waals surface area contributed by atoms with E-state index >= 15 is 0 Å². The van der Waals surface area contributed by atoms with Crippen LogP contribution >= 0.6 is 11.3 Å². The molecule has 6 nitrogen and oxygen atoms in total. The van der Waals surface area contributed by atoms with Crippen LogP contribution in [0.5, 0.6) is 0 Å². The molecule has 0 saturated heterocycles. The van der Waals surface area contributed by atoms with Gasteiger partial charge in [0.25, 0.3) is 5.56 Å². The lowest BCUT2D eigenvalue weighted by Gasteiger charge is -2.29. The van der Waals surface area contributed by atoms with Crippen molar-refractivity contribution in [2.75, 3.05) is 5.32 Å². The lowest BCUT2D eigenvalue weighted by atomic mass is 9.79. The smallest absolute Gasteiger partial charge is 0.295 e. The van der Waals surface area contributed by atoms with Crippen LogP contribution in [0.1, 0.15) is 42.3 Å². The SMILES string of the molecule is Cc1c(NC(=O)C2CCCCC2c2nc3ccccc3s2)c(=O)n(-c2ccccc2)n1C. The van der Waals surface area contributed by atoms with Crippen LogP contribution in [0.25, 0.3) is 15.9 Å². The second-order valence-electron chi connectivity index (χ2n) is 8.44. The maximum atomic E-state index is 13.4. The van der Waals surface area contributed by atoms with Crippen molar-refractivity contribution in [3.8, 4) is 5.69 Å². The van der Waals surface area contributed by atoms with Gasteiger partial charge in [0, 0.05) is 18.9 Å². The Morgan fingerprint density at radius 1 is 1.06 bits per heavy atom. The predicted molar refractivity (Wildman–Crippen MR) is 129 cm³/mol. The van der Waals surface area contributed by atoms with Gasteiger partial charge in [-0.1, -0.05) is 43.2 Å². The first-order chi connectivity index (χ1) is 15.5. The first-order valence-electron chi connectivity index (χ1n) is 11.0. The number of carbonyl (C=O) groups is 1. The summed E-state index contributed by atoms with van der Waals surface area (Å²) >= 11 is 1.68. The van der Waals surface area contributed by atoms with E-state index in [1.54, 1.807) is 20.7 Å². The molecule has 2 atom stereocenters. The number of nitrogens with one attached hydrogen (secondary N) is 1. The Hall–Kier alpha value is -3.19. The molecule has 1 amide bonds. The van der Waals surface area contributed by atoms with Gasteiger partial charge in [0.05, 0.1) is 26.6 Å². The zero-order valence-electron chi connectivity index (χ0n) is 18.2. The van der Waals surface area contributed by atoms with E-state index in [2.05, 4.69) is 11.4 Å². The molecule has 0 radical (unpaired) electrons. The van der Waals surface area contributed by atoms with Gasteiger partial charge in [-0.2, -0.15) is 0 Å². The molecule has 1 saturated carbocycles. The minimum absolute atomic E-state index is 0.0834. The maximum Gasteiger partial charge on any atom is 0.295 e. The number of anilines is 1. The third-order valence-corrected chi connectivity index (χ3v) is 7.70. The lowest BCUT2D eigenvalue weighted by Crippen LogP contribution is -2.32. The number of aromatic nitrogens is 3. The third-order valence-electron chi connectivity index (χ3n) is 6.53. The van der Waals surface area contributed by atoms with Gasteiger partial charge in [0.1, 0.15) is 5.69 Å². The van der Waals surface area contributed by atoms with Gasteiger partial charge in [-0.05, 0) is 44.0 Å². The van der Waals surface area contributed by atoms with Gasteiger partial charge >= 0.3 is 0 Å². The van der Waals surface area contributed by atoms with Crippen LogP contribution in [0.3, 0.4) is 0 Å². The minimum Gasteiger partial charge on any atom is -0.320 e. The van der Waals surface area contributed by atoms with E-state index in [0.29, 0.717) is 5.69 Å². The lowest BCUT2D eigenvalue weighted by molar-refractivity contribution is -0.121. The van der Waals surface area contributed by atoms with Crippen LogP contribution in [0, 0.1) is 12.8 Å². The molecule has 1 aliphatic carbocycles. The zero-order valence-corrected chi connectivity index (χ0v) is 19.1. The molecule has 5 rings (SSSR count). The summed E-state index contributed by atoms with van der Waals surface area (Å²) in [6.45, 7) is 1.86. The molecule has 0 bridgehead atoms. The van der Waals surface area contributed by atoms with E-state index in [-0.39, 0.29) is 23.3 Å². The summed E-state index contributed by atoms with van der Waals surface area (Å²) in [5.74, 6) is -0.185. The number of para-hydroxylation sites is 2. The molecule has 2 heterocycles. The summed E-state index contributed by atoms with van der Waals surface area (Å²) in [6.07, 6.45) is 3.86. The Labute approximate surface area is 190 Å². The number of thiazole rings is 1. The summed E-state index contributed by atoms with van der Waals surface area (Å²) in [7, 11) is 1.84. The Balaban J connectivity index is 1.45. The number of nitrogens with zero attached hydrogens (tertiary/aromatic N) is 3. The van der Waals surface area contributed by atoms with Crippen molar-refractivity contribution < 1.29 is 4.79 Å². The van der Waals surface area contributed by atoms with Gasteiger partial charge in [-0.3, -0.25) is 14.3 Å². The van der Waals surface area contributed by atoms with Crippen molar-refractivity contribution in [3.05, 3.63) is 75.7 Å². The number of rotatable bonds is 4. The quantitative estimate of drug-likeness (QED) is 0.479. The number of hydrogen-bond donors (Lipinski definition) is 1. The van der Waals surface area contributed by atoms with E-state index in [1.165, 1.54) is 0 Å². The molecule has 2 aromatic heterocycles. The summed E-state index contributed by atoms with van der Waals surface area (Å²) in [5, 5.41) is 4.02. The van der Waals surface area contributed by atoms with Crippen LogP contribution < -0.4 is 10.9 Å². The molecule has 4 aromatic rings. The number of amides is 1. The van der Waals surface area contributed by atoms with E-state index in [1.807, 2.05) is 62.5 Å².